The molecule has 33 heavy (non-hydrogen) atoms. The Morgan fingerprint density at radius 3 is 2.24 bits per heavy atom. The quantitative estimate of drug-likeness (QED) is 0.323. The van der Waals surface area contributed by atoms with E-state index in [9.17, 15) is 31.4 Å². The van der Waals surface area contributed by atoms with E-state index >= 15 is 0 Å². The van der Waals surface area contributed by atoms with Crippen LogP contribution in [0.15, 0.2) is 42.5 Å². The Kier molecular flexibility index (Phi) is 9.02. The number of aliphatic hydroxyl groups is 1. The number of aryl methyl sites for hydroxylation is 2. The molecule has 0 bridgehead atoms. The molecule has 4 nitrogen and oxygen atoms in total. The molecular formula is C23H27F6NO3. The van der Waals surface area contributed by atoms with Crippen LogP contribution in [-0.4, -0.2) is 30.2 Å². The van der Waals surface area contributed by atoms with E-state index in [-0.39, 0.29) is 37.6 Å². The summed E-state index contributed by atoms with van der Waals surface area (Å²) >= 11 is 0. The van der Waals surface area contributed by atoms with E-state index in [1.807, 2.05) is 0 Å². The molecule has 0 saturated carbocycles. The predicted molar refractivity (Wildman–Crippen MR) is 111 cm³/mol. The number of benzene rings is 2. The molecule has 0 aliphatic rings. The summed E-state index contributed by atoms with van der Waals surface area (Å²) in [6.07, 6.45) is -7.76. The Hall–Kier alpha value is -2.46. The van der Waals surface area contributed by atoms with Gasteiger partial charge in [-0.1, -0.05) is 25.1 Å². The van der Waals surface area contributed by atoms with Crippen LogP contribution in [0.5, 0.6) is 11.5 Å². The van der Waals surface area contributed by atoms with Gasteiger partial charge >= 0.3 is 12.5 Å². The fraction of sp³-hybridized carbons (Fsp3) is 0.478. The number of rotatable bonds is 11. The van der Waals surface area contributed by atoms with Gasteiger partial charge in [-0.05, 0) is 67.5 Å². The van der Waals surface area contributed by atoms with E-state index in [1.54, 1.807) is 13.0 Å². The van der Waals surface area contributed by atoms with Gasteiger partial charge in [0.25, 0.3) is 0 Å². The van der Waals surface area contributed by atoms with E-state index in [0.717, 1.165) is 6.07 Å². The van der Waals surface area contributed by atoms with Crippen LogP contribution in [0.4, 0.5) is 26.3 Å². The van der Waals surface area contributed by atoms with Gasteiger partial charge in [-0.15, -0.1) is 13.2 Å². The van der Waals surface area contributed by atoms with Crippen LogP contribution >= 0.6 is 0 Å². The minimum absolute atomic E-state index is 0.0565. The monoisotopic (exact) mass is 479 g/mol. The molecule has 2 rings (SSSR count). The lowest BCUT2D eigenvalue weighted by Crippen LogP contribution is -2.43. The van der Waals surface area contributed by atoms with Crippen LogP contribution in [0, 0.1) is 0 Å². The molecule has 0 fully saturated rings. The van der Waals surface area contributed by atoms with Crippen molar-refractivity contribution in [3.05, 3.63) is 59.2 Å². The molecule has 0 radical (unpaired) electrons. The molecule has 1 unspecified atom stereocenters. The topological polar surface area (TPSA) is 64.7 Å². The summed E-state index contributed by atoms with van der Waals surface area (Å²) in [6, 6.07) is 9.18. The van der Waals surface area contributed by atoms with Gasteiger partial charge in [-0.25, -0.2) is 0 Å². The Morgan fingerprint density at radius 2 is 1.64 bits per heavy atom. The molecule has 2 aromatic carbocycles. The summed E-state index contributed by atoms with van der Waals surface area (Å²) in [5.74, 6) is -0.682. The van der Waals surface area contributed by atoms with Crippen molar-refractivity contribution in [2.75, 3.05) is 13.2 Å². The highest BCUT2D eigenvalue weighted by molar-refractivity contribution is 5.39. The van der Waals surface area contributed by atoms with Crippen molar-refractivity contribution in [3.8, 4) is 11.5 Å². The summed E-state index contributed by atoms with van der Waals surface area (Å²) in [5.41, 5.74) is 5.20. The zero-order chi connectivity index (χ0) is 24.7. The van der Waals surface area contributed by atoms with Crippen LogP contribution in [0.1, 0.15) is 42.9 Å². The molecule has 0 aromatic heterocycles. The molecule has 3 N–H and O–H groups in total. The molecule has 0 aliphatic heterocycles. The van der Waals surface area contributed by atoms with Crippen molar-refractivity contribution >= 4 is 0 Å². The Balaban J connectivity index is 1.99. The van der Waals surface area contributed by atoms with Gasteiger partial charge in [0.1, 0.15) is 11.5 Å². The van der Waals surface area contributed by atoms with Crippen molar-refractivity contribution in [2.45, 2.75) is 57.1 Å². The van der Waals surface area contributed by atoms with Crippen molar-refractivity contribution in [1.82, 2.24) is 0 Å². The summed E-state index contributed by atoms with van der Waals surface area (Å²) in [5, 5.41) is 9.38. The molecule has 2 aromatic rings. The number of alkyl halides is 6. The molecule has 0 amide bonds. The van der Waals surface area contributed by atoms with Crippen molar-refractivity contribution in [3.63, 3.8) is 0 Å². The van der Waals surface area contributed by atoms with E-state index < -0.39 is 23.6 Å². The Bertz CT molecular complexity index is 894. The lowest BCUT2D eigenvalue weighted by atomic mass is 9.90. The van der Waals surface area contributed by atoms with Gasteiger partial charge in [-0.2, -0.15) is 13.2 Å². The molecule has 0 heterocycles. The lowest BCUT2D eigenvalue weighted by molar-refractivity contribution is -0.274. The van der Waals surface area contributed by atoms with Gasteiger partial charge in [0.05, 0.1) is 18.8 Å². The molecule has 1 atom stereocenters. The van der Waals surface area contributed by atoms with Crippen LogP contribution in [0.3, 0.4) is 0 Å². The number of hydrogen-bond donors (Lipinski definition) is 2. The maximum Gasteiger partial charge on any atom is 0.573 e. The lowest BCUT2D eigenvalue weighted by Gasteiger charge is -2.25. The van der Waals surface area contributed by atoms with Gasteiger partial charge in [0, 0.05) is 5.54 Å². The second kappa shape index (κ2) is 11.1. The fourth-order valence-electron chi connectivity index (χ4n) is 3.20. The van der Waals surface area contributed by atoms with E-state index in [4.69, 9.17) is 10.5 Å². The summed E-state index contributed by atoms with van der Waals surface area (Å²) in [7, 11) is 0. The Morgan fingerprint density at radius 1 is 0.939 bits per heavy atom. The highest BCUT2D eigenvalue weighted by Crippen LogP contribution is 2.37. The molecular weight excluding hydrogens is 452 g/mol. The maximum atomic E-state index is 13.5. The van der Waals surface area contributed by atoms with Gasteiger partial charge in [0.2, 0.25) is 0 Å². The second-order valence-corrected chi connectivity index (χ2v) is 7.85. The smallest absolute Gasteiger partial charge is 0.493 e. The summed E-state index contributed by atoms with van der Waals surface area (Å²) in [6.45, 7) is 1.48. The van der Waals surface area contributed by atoms with Crippen LogP contribution in [0.25, 0.3) is 0 Å². The molecule has 184 valence electrons. The third kappa shape index (κ3) is 8.77. The van der Waals surface area contributed by atoms with Gasteiger partial charge < -0.3 is 20.3 Å². The van der Waals surface area contributed by atoms with Crippen LogP contribution in [-0.2, 0) is 19.0 Å². The first-order valence-corrected chi connectivity index (χ1v) is 10.4. The zero-order valence-corrected chi connectivity index (χ0v) is 18.1. The number of hydrogen-bond acceptors (Lipinski definition) is 4. The van der Waals surface area contributed by atoms with Gasteiger partial charge in [-0.3, -0.25) is 0 Å². The third-order valence-electron chi connectivity index (χ3n) is 5.28. The average molecular weight is 479 g/mol. The van der Waals surface area contributed by atoms with Gasteiger partial charge in [0.15, 0.2) is 0 Å². The minimum Gasteiger partial charge on any atom is -0.493 e. The van der Waals surface area contributed by atoms with Crippen LogP contribution < -0.4 is 15.2 Å². The summed E-state index contributed by atoms with van der Waals surface area (Å²) in [4.78, 5) is 0. The van der Waals surface area contributed by atoms with Crippen molar-refractivity contribution < 1.29 is 40.9 Å². The van der Waals surface area contributed by atoms with E-state index in [2.05, 4.69) is 4.74 Å². The number of ether oxygens (including phenoxy) is 2. The number of aliphatic hydroxyl groups excluding tert-OH is 1. The molecule has 0 aliphatic carbocycles. The zero-order valence-electron chi connectivity index (χ0n) is 18.1. The van der Waals surface area contributed by atoms with E-state index in [0.29, 0.717) is 30.4 Å². The molecule has 0 spiro atoms. The number of halogens is 6. The predicted octanol–water partition coefficient (Wildman–Crippen LogP) is 5.65. The molecule has 0 saturated heterocycles. The van der Waals surface area contributed by atoms with Crippen molar-refractivity contribution in [1.29, 1.82) is 0 Å². The van der Waals surface area contributed by atoms with E-state index in [1.165, 1.54) is 30.3 Å². The summed E-state index contributed by atoms with van der Waals surface area (Å²) < 4.78 is 86.8. The SMILES string of the molecule is CCC(N)(CO)CCc1ccc(OCCCc2cccc(OC(F)(F)F)c2)c(C(F)(F)F)c1. The average Bonchev–Trinajstić information content (AvgIpc) is 2.74. The highest BCUT2D eigenvalue weighted by Gasteiger charge is 2.35. The third-order valence-corrected chi connectivity index (χ3v) is 5.28. The Labute approximate surface area is 188 Å². The molecule has 10 heteroatoms. The minimum atomic E-state index is -4.80. The van der Waals surface area contributed by atoms with Crippen molar-refractivity contribution in [2.24, 2.45) is 5.73 Å². The normalized spacial score (nSPS) is 14.1. The maximum absolute atomic E-state index is 13.5. The first-order chi connectivity index (χ1) is 15.3. The fourth-order valence-corrected chi connectivity index (χ4v) is 3.20. The number of nitrogens with two attached hydrogens (primary N) is 1. The second-order valence-electron chi connectivity index (χ2n) is 7.85. The van der Waals surface area contributed by atoms with Crippen LogP contribution in [0.2, 0.25) is 0 Å². The first-order valence-electron chi connectivity index (χ1n) is 10.4. The first kappa shape index (κ1) is 26.8. The highest BCUT2D eigenvalue weighted by atomic mass is 19.4. The largest absolute Gasteiger partial charge is 0.573 e. The standard InChI is InChI=1S/C23H27F6NO3/c1-2-21(30,15-31)11-10-17-8-9-20(19(14-17)22(24,25)26)32-12-4-6-16-5-3-7-18(13-16)33-23(27,28)29/h3,5,7-9,13-14,31H,2,4,6,10-12,15,30H2,1H3.